The quantitative estimate of drug-likeness (QED) is 0.289. The number of halogens is 1. The highest BCUT2D eigenvalue weighted by atomic mass is 127. The fraction of sp³-hybridized carbons (Fsp3) is 0.533. The molecule has 0 atom stereocenters. The van der Waals surface area contributed by atoms with Crippen LogP contribution in [0.2, 0.25) is 0 Å². The van der Waals surface area contributed by atoms with Crippen molar-refractivity contribution in [1.82, 2.24) is 30.5 Å². The molecule has 0 aliphatic heterocycles. The standard InChI is InChI=1S/C15H25N7.HI/c1-15(2,3)19-9-8-17-14(16-4)18-11-13-21-20-12-7-5-6-10-22(12)13;/h5-7,10,19H,8-9,11H2,1-4H3,(H2,16,17,18);1H. The summed E-state index contributed by atoms with van der Waals surface area (Å²) in [4.78, 5) is 4.21. The van der Waals surface area contributed by atoms with Gasteiger partial charge in [0.1, 0.15) is 0 Å². The van der Waals surface area contributed by atoms with Crippen molar-refractivity contribution in [2.45, 2.75) is 32.9 Å². The van der Waals surface area contributed by atoms with Gasteiger partial charge in [0.2, 0.25) is 0 Å². The van der Waals surface area contributed by atoms with Crippen LogP contribution in [-0.2, 0) is 6.54 Å². The van der Waals surface area contributed by atoms with Crippen molar-refractivity contribution in [3.63, 3.8) is 0 Å². The van der Waals surface area contributed by atoms with Gasteiger partial charge in [-0.3, -0.25) is 9.39 Å². The minimum Gasteiger partial charge on any atom is -0.355 e. The van der Waals surface area contributed by atoms with Crippen LogP contribution in [0.4, 0.5) is 0 Å². The summed E-state index contributed by atoms with van der Waals surface area (Å²) in [7, 11) is 1.76. The average molecular weight is 431 g/mol. The molecule has 0 amide bonds. The smallest absolute Gasteiger partial charge is 0.191 e. The zero-order valence-electron chi connectivity index (χ0n) is 14.1. The molecular weight excluding hydrogens is 405 g/mol. The molecule has 0 saturated carbocycles. The first-order valence-corrected chi connectivity index (χ1v) is 7.48. The molecule has 0 aromatic carbocycles. The van der Waals surface area contributed by atoms with Gasteiger partial charge in [0.25, 0.3) is 0 Å². The number of aromatic nitrogens is 3. The molecule has 0 fully saturated rings. The first kappa shape index (κ1) is 19.6. The molecule has 2 aromatic heterocycles. The van der Waals surface area contributed by atoms with Crippen molar-refractivity contribution in [3.05, 3.63) is 30.2 Å². The molecular formula is C15H26IN7. The summed E-state index contributed by atoms with van der Waals surface area (Å²) >= 11 is 0. The maximum Gasteiger partial charge on any atom is 0.191 e. The molecule has 2 rings (SSSR count). The molecule has 3 N–H and O–H groups in total. The summed E-state index contributed by atoms with van der Waals surface area (Å²) in [5.74, 6) is 1.61. The predicted octanol–water partition coefficient (Wildman–Crippen LogP) is 1.40. The van der Waals surface area contributed by atoms with E-state index in [9.17, 15) is 0 Å². The molecule has 128 valence electrons. The van der Waals surface area contributed by atoms with E-state index in [4.69, 9.17) is 0 Å². The Hall–Kier alpha value is -1.42. The van der Waals surface area contributed by atoms with Crippen LogP contribution in [0.1, 0.15) is 26.6 Å². The number of guanidine groups is 1. The van der Waals surface area contributed by atoms with Crippen LogP contribution in [0.3, 0.4) is 0 Å². The Kier molecular flexibility index (Phi) is 7.69. The number of aliphatic imine (C=N–C) groups is 1. The Balaban J connectivity index is 0.00000264. The zero-order chi connectivity index (χ0) is 16.0. The van der Waals surface area contributed by atoms with Gasteiger partial charge in [-0.05, 0) is 32.9 Å². The van der Waals surface area contributed by atoms with Gasteiger partial charge in [-0.2, -0.15) is 0 Å². The van der Waals surface area contributed by atoms with E-state index in [1.807, 2.05) is 28.8 Å². The first-order valence-electron chi connectivity index (χ1n) is 7.48. The predicted molar refractivity (Wildman–Crippen MR) is 104 cm³/mol. The summed E-state index contributed by atoms with van der Waals surface area (Å²) in [6.07, 6.45) is 1.95. The number of hydrogen-bond donors (Lipinski definition) is 3. The van der Waals surface area contributed by atoms with Crippen molar-refractivity contribution < 1.29 is 0 Å². The topological polar surface area (TPSA) is 78.6 Å². The Morgan fingerprint density at radius 3 is 2.65 bits per heavy atom. The lowest BCUT2D eigenvalue weighted by atomic mass is 10.1. The van der Waals surface area contributed by atoms with E-state index in [2.05, 4.69) is 51.9 Å². The largest absolute Gasteiger partial charge is 0.355 e. The number of pyridine rings is 1. The summed E-state index contributed by atoms with van der Waals surface area (Å²) in [5.41, 5.74) is 0.968. The van der Waals surface area contributed by atoms with Crippen LogP contribution < -0.4 is 16.0 Å². The Bertz CT molecular complexity index is 630. The van der Waals surface area contributed by atoms with E-state index < -0.39 is 0 Å². The normalized spacial score (nSPS) is 12.1. The molecule has 0 unspecified atom stereocenters. The maximum absolute atomic E-state index is 4.21. The summed E-state index contributed by atoms with van der Waals surface area (Å²) in [6.45, 7) is 8.69. The lowest BCUT2D eigenvalue weighted by Gasteiger charge is -2.21. The monoisotopic (exact) mass is 431 g/mol. The van der Waals surface area contributed by atoms with E-state index in [1.54, 1.807) is 7.05 Å². The van der Waals surface area contributed by atoms with Gasteiger partial charge in [0.05, 0.1) is 6.54 Å². The third kappa shape index (κ3) is 6.30. The minimum absolute atomic E-state index is 0. The third-order valence-corrected chi connectivity index (χ3v) is 3.09. The summed E-state index contributed by atoms with van der Waals surface area (Å²) < 4.78 is 1.96. The van der Waals surface area contributed by atoms with Gasteiger partial charge < -0.3 is 16.0 Å². The molecule has 0 spiro atoms. The van der Waals surface area contributed by atoms with Crippen LogP contribution in [-0.4, -0.2) is 46.2 Å². The molecule has 0 bridgehead atoms. The number of hydrogen-bond acceptors (Lipinski definition) is 4. The fourth-order valence-corrected chi connectivity index (χ4v) is 2.01. The molecule has 0 aliphatic carbocycles. The highest BCUT2D eigenvalue weighted by Gasteiger charge is 2.08. The van der Waals surface area contributed by atoms with Gasteiger partial charge in [0.15, 0.2) is 17.4 Å². The minimum atomic E-state index is 0. The average Bonchev–Trinajstić information content (AvgIpc) is 2.89. The lowest BCUT2D eigenvalue weighted by molar-refractivity contribution is 0.428. The van der Waals surface area contributed by atoms with Gasteiger partial charge in [-0.15, -0.1) is 34.2 Å². The zero-order valence-corrected chi connectivity index (χ0v) is 16.5. The number of nitrogens with one attached hydrogen (secondary N) is 3. The Labute approximate surface area is 154 Å². The van der Waals surface area contributed by atoms with E-state index in [1.165, 1.54) is 0 Å². The summed E-state index contributed by atoms with van der Waals surface area (Å²) in [5, 5.41) is 18.3. The number of nitrogens with zero attached hydrogens (tertiary/aromatic N) is 4. The van der Waals surface area contributed by atoms with Gasteiger partial charge in [-0.25, -0.2) is 0 Å². The third-order valence-electron chi connectivity index (χ3n) is 3.09. The molecule has 0 aliphatic rings. The van der Waals surface area contributed by atoms with Crippen LogP contribution in [0, 0.1) is 0 Å². The van der Waals surface area contributed by atoms with Crippen LogP contribution in [0.25, 0.3) is 5.65 Å². The van der Waals surface area contributed by atoms with Crippen molar-refractivity contribution in [3.8, 4) is 0 Å². The Morgan fingerprint density at radius 2 is 1.96 bits per heavy atom. The fourth-order valence-electron chi connectivity index (χ4n) is 2.01. The van der Waals surface area contributed by atoms with E-state index in [0.717, 1.165) is 30.5 Å². The Morgan fingerprint density at radius 1 is 1.17 bits per heavy atom. The highest BCUT2D eigenvalue weighted by molar-refractivity contribution is 14.0. The summed E-state index contributed by atoms with van der Waals surface area (Å²) in [6, 6.07) is 5.84. The second kappa shape index (κ2) is 9.02. The second-order valence-electron chi connectivity index (χ2n) is 6.07. The van der Waals surface area contributed by atoms with Crippen LogP contribution in [0.5, 0.6) is 0 Å². The van der Waals surface area contributed by atoms with Crippen molar-refractivity contribution in [2.75, 3.05) is 20.1 Å². The van der Waals surface area contributed by atoms with E-state index in [0.29, 0.717) is 6.54 Å². The van der Waals surface area contributed by atoms with Crippen molar-refractivity contribution >= 4 is 35.6 Å². The van der Waals surface area contributed by atoms with Gasteiger partial charge in [0, 0.05) is 31.9 Å². The number of fused-ring (bicyclic) bond motifs is 1. The molecule has 0 radical (unpaired) electrons. The van der Waals surface area contributed by atoms with Gasteiger partial charge in [-0.1, -0.05) is 6.07 Å². The second-order valence-corrected chi connectivity index (χ2v) is 6.07. The molecule has 2 aromatic rings. The number of rotatable bonds is 5. The van der Waals surface area contributed by atoms with Crippen molar-refractivity contribution in [2.24, 2.45) is 4.99 Å². The lowest BCUT2D eigenvalue weighted by Crippen LogP contribution is -2.44. The first-order chi connectivity index (χ1) is 10.5. The van der Waals surface area contributed by atoms with E-state index >= 15 is 0 Å². The van der Waals surface area contributed by atoms with E-state index in [-0.39, 0.29) is 29.5 Å². The molecule has 8 heteroatoms. The molecule has 0 saturated heterocycles. The highest BCUT2D eigenvalue weighted by Crippen LogP contribution is 2.02. The van der Waals surface area contributed by atoms with Gasteiger partial charge >= 0.3 is 0 Å². The van der Waals surface area contributed by atoms with Crippen molar-refractivity contribution in [1.29, 1.82) is 0 Å². The maximum atomic E-state index is 4.21. The van der Waals surface area contributed by atoms with Crippen LogP contribution >= 0.6 is 24.0 Å². The SMILES string of the molecule is CN=C(NCCNC(C)(C)C)NCc1nnc2ccccn12.I. The molecule has 7 nitrogen and oxygen atoms in total. The molecule has 2 heterocycles. The molecule has 23 heavy (non-hydrogen) atoms. The van der Waals surface area contributed by atoms with Crippen LogP contribution in [0.15, 0.2) is 29.4 Å².